The second-order valence-corrected chi connectivity index (χ2v) is 7.90. The average molecular weight is 466 g/mol. The molecule has 3 aromatic carbocycles. The summed E-state index contributed by atoms with van der Waals surface area (Å²) < 4.78 is 0. The number of para-hydroxylation sites is 1. The predicted octanol–water partition coefficient (Wildman–Crippen LogP) is 5.34. The first-order chi connectivity index (χ1) is 15.3. The van der Waals surface area contributed by atoms with Crippen LogP contribution in [0.25, 0.3) is 0 Å². The summed E-state index contributed by atoms with van der Waals surface area (Å²) in [5.41, 5.74) is 2.85. The third-order valence-corrected chi connectivity index (χ3v) is 5.48. The van der Waals surface area contributed by atoms with Gasteiger partial charge in [-0.2, -0.15) is 0 Å². The van der Waals surface area contributed by atoms with Crippen molar-refractivity contribution in [1.82, 2.24) is 0 Å². The van der Waals surface area contributed by atoms with E-state index in [-0.39, 0.29) is 16.6 Å². The Labute approximate surface area is 194 Å². The predicted molar refractivity (Wildman–Crippen MR) is 126 cm³/mol. The van der Waals surface area contributed by atoms with Crippen LogP contribution in [0.4, 0.5) is 17.1 Å². The first kappa shape index (κ1) is 21.6. The molecule has 0 radical (unpaired) electrons. The lowest BCUT2D eigenvalue weighted by molar-refractivity contribution is -0.120. The van der Waals surface area contributed by atoms with Gasteiger partial charge in [-0.25, -0.2) is 4.90 Å². The van der Waals surface area contributed by atoms with Crippen LogP contribution in [0.2, 0.25) is 5.02 Å². The highest BCUT2D eigenvalue weighted by Gasteiger charge is 2.38. The molecule has 0 unspecified atom stereocenters. The number of carbonyl (C=O) groups is 3. The number of hydrogen-bond donors (Lipinski definition) is 2. The SMILES string of the molecule is Cc1cc(Cl)ccc1NC(=O)c1ccc(NC2=C(Cl)C(=O)N(c3ccccc3)C2=O)cc1. The molecule has 6 nitrogen and oxygen atoms in total. The molecule has 1 heterocycles. The van der Waals surface area contributed by atoms with Gasteiger partial charge in [0, 0.05) is 22.0 Å². The molecule has 0 aromatic heterocycles. The molecular formula is C24H17Cl2N3O3. The van der Waals surface area contributed by atoms with Crippen LogP contribution in [0.1, 0.15) is 15.9 Å². The van der Waals surface area contributed by atoms with Gasteiger partial charge in [-0.3, -0.25) is 14.4 Å². The average Bonchev–Trinajstić information content (AvgIpc) is 3.00. The van der Waals surface area contributed by atoms with E-state index in [2.05, 4.69) is 10.6 Å². The number of amides is 3. The van der Waals surface area contributed by atoms with Crippen LogP contribution in [0, 0.1) is 6.92 Å². The minimum atomic E-state index is -0.598. The number of imide groups is 1. The summed E-state index contributed by atoms with van der Waals surface area (Å²) in [6, 6.07) is 20.2. The monoisotopic (exact) mass is 465 g/mol. The van der Waals surface area contributed by atoms with Crippen molar-refractivity contribution in [1.29, 1.82) is 0 Å². The van der Waals surface area contributed by atoms with E-state index in [0.717, 1.165) is 10.5 Å². The molecule has 1 aliphatic heterocycles. The summed E-state index contributed by atoms with van der Waals surface area (Å²) in [7, 11) is 0. The smallest absolute Gasteiger partial charge is 0.283 e. The van der Waals surface area contributed by atoms with Gasteiger partial charge < -0.3 is 10.6 Å². The molecule has 3 amide bonds. The van der Waals surface area contributed by atoms with Crippen molar-refractivity contribution in [2.45, 2.75) is 6.92 Å². The molecule has 3 aromatic rings. The minimum Gasteiger partial charge on any atom is -0.350 e. The van der Waals surface area contributed by atoms with Gasteiger partial charge in [0.15, 0.2) is 0 Å². The first-order valence-corrected chi connectivity index (χ1v) is 10.4. The van der Waals surface area contributed by atoms with Crippen molar-refractivity contribution in [2.75, 3.05) is 15.5 Å². The molecule has 8 heteroatoms. The minimum absolute atomic E-state index is 0.0190. The standard InChI is InChI=1S/C24H17Cl2N3O3/c1-14-13-16(25)9-12-19(14)28-22(30)15-7-10-17(11-8-15)27-21-20(26)23(31)29(24(21)32)18-5-3-2-4-6-18/h2-13,27H,1H3,(H,28,30). The summed E-state index contributed by atoms with van der Waals surface area (Å²) in [5.74, 6) is -1.44. The summed E-state index contributed by atoms with van der Waals surface area (Å²) in [6.45, 7) is 1.85. The summed E-state index contributed by atoms with van der Waals surface area (Å²) in [5, 5.41) is 6.12. The van der Waals surface area contributed by atoms with E-state index in [1.165, 1.54) is 0 Å². The summed E-state index contributed by atoms with van der Waals surface area (Å²) in [6.07, 6.45) is 0. The van der Waals surface area contributed by atoms with Crippen LogP contribution in [0.3, 0.4) is 0 Å². The molecular weight excluding hydrogens is 449 g/mol. The third-order valence-electron chi connectivity index (χ3n) is 4.89. The van der Waals surface area contributed by atoms with Crippen molar-refractivity contribution in [3.8, 4) is 0 Å². The number of aryl methyl sites for hydroxylation is 1. The Balaban J connectivity index is 1.48. The summed E-state index contributed by atoms with van der Waals surface area (Å²) in [4.78, 5) is 38.9. The normalized spacial score (nSPS) is 13.5. The molecule has 0 spiro atoms. The van der Waals surface area contributed by atoms with Crippen molar-refractivity contribution in [3.63, 3.8) is 0 Å². The van der Waals surface area contributed by atoms with E-state index in [1.54, 1.807) is 72.8 Å². The highest BCUT2D eigenvalue weighted by Crippen LogP contribution is 2.30. The zero-order valence-corrected chi connectivity index (χ0v) is 18.4. The molecule has 0 atom stereocenters. The van der Waals surface area contributed by atoms with Gasteiger partial charge in [0.25, 0.3) is 17.7 Å². The largest absolute Gasteiger partial charge is 0.350 e. The Morgan fingerprint density at radius 1 is 0.875 bits per heavy atom. The van der Waals surface area contributed by atoms with Crippen molar-refractivity contribution < 1.29 is 14.4 Å². The number of halogens is 2. The number of nitrogens with one attached hydrogen (secondary N) is 2. The summed E-state index contributed by atoms with van der Waals surface area (Å²) >= 11 is 12.1. The van der Waals surface area contributed by atoms with Crippen LogP contribution < -0.4 is 15.5 Å². The van der Waals surface area contributed by atoms with Gasteiger partial charge in [0.1, 0.15) is 10.7 Å². The van der Waals surface area contributed by atoms with Crippen molar-refractivity contribution in [3.05, 3.63) is 99.7 Å². The highest BCUT2D eigenvalue weighted by atomic mass is 35.5. The zero-order chi connectivity index (χ0) is 22.8. The molecule has 0 bridgehead atoms. The lowest BCUT2D eigenvalue weighted by atomic mass is 10.1. The van der Waals surface area contributed by atoms with Crippen LogP contribution in [0.5, 0.6) is 0 Å². The third kappa shape index (κ3) is 4.23. The Morgan fingerprint density at radius 3 is 2.22 bits per heavy atom. The van der Waals surface area contributed by atoms with Gasteiger partial charge in [0.2, 0.25) is 0 Å². The molecule has 2 N–H and O–H groups in total. The quantitative estimate of drug-likeness (QED) is 0.498. The molecule has 0 saturated carbocycles. The first-order valence-electron chi connectivity index (χ1n) is 9.63. The number of rotatable bonds is 5. The van der Waals surface area contributed by atoms with Crippen molar-refractivity contribution >= 4 is 58.0 Å². The van der Waals surface area contributed by atoms with E-state index >= 15 is 0 Å². The number of benzene rings is 3. The lowest BCUT2D eigenvalue weighted by Gasteiger charge is -2.15. The second-order valence-electron chi connectivity index (χ2n) is 7.09. The van der Waals surface area contributed by atoms with E-state index in [0.29, 0.717) is 27.6 Å². The fourth-order valence-electron chi connectivity index (χ4n) is 3.23. The maximum atomic E-state index is 12.8. The number of hydrogen-bond acceptors (Lipinski definition) is 4. The van der Waals surface area contributed by atoms with E-state index in [1.807, 2.05) is 6.92 Å². The van der Waals surface area contributed by atoms with Crippen LogP contribution in [0.15, 0.2) is 83.5 Å². The molecule has 0 saturated heterocycles. The zero-order valence-electron chi connectivity index (χ0n) is 16.9. The van der Waals surface area contributed by atoms with Crippen LogP contribution >= 0.6 is 23.2 Å². The fraction of sp³-hybridized carbons (Fsp3) is 0.0417. The number of carbonyl (C=O) groups excluding carboxylic acids is 3. The second kappa shape index (κ2) is 8.86. The Hall–Kier alpha value is -3.61. The Kier molecular flexibility index (Phi) is 5.99. The van der Waals surface area contributed by atoms with Crippen LogP contribution in [-0.2, 0) is 9.59 Å². The van der Waals surface area contributed by atoms with Gasteiger partial charge in [0.05, 0.1) is 5.69 Å². The number of nitrogens with zero attached hydrogens (tertiary/aromatic N) is 1. The lowest BCUT2D eigenvalue weighted by Crippen LogP contribution is -2.32. The van der Waals surface area contributed by atoms with E-state index < -0.39 is 11.8 Å². The molecule has 4 rings (SSSR count). The van der Waals surface area contributed by atoms with Crippen molar-refractivity contribution in [2.24, 2.45) is 0 Å². The molecule has 1 aliphatic rings. The van der Waals surface area contributed by atoms with Gasteiger partial charge in [-0.15, -0.1) is 0 Å². The molecule has 160 valence electrons. The topological polar surface area (TPSA) is 78.5 Å². The molecule has 0 aliphatic carbocycles. The Morgan fingerprint density at radius 2 is 1.56 bits per heavy atom. The van der Waals surface area contributed by atoms with E-state index in [4.69, 9.17) is 23.2 Å². The maximum Gasteiger partial charge on any atom is 0.283 e. The van der Waals surface area contributed by atoms with Gasteiger partial charge in [-0.05, 0) is 67.1 Å². The Bertz CT molecular complexity index is 1260. The van der Waals surface area contributed by atoms with Crippen LogP contribution in [-0.4, -0.2) is 17.7 Å². The van der Waals surface area contributed by atoms with Gasteiger partial charge >= 0.3 is 0 Å². The maximum absolute atomic E-state index is 12.8. The van der Waals surface area contributed by atoms with E-state index in [9.17, 15) is 14.4 Å². The fourth-order valence-corrected chi connectivity index (χ4v) is 3.67. The molecule has 0 fully saturated rings. The van der Waals surface area contributed by atoms with Gasteiger partial charge in [-0.1, -0.05) is 41.4 Å². The molecule has 32 heavy (non-hydrogen) atoms. The number of anilines is 3. The highest BCUT2D eigenvalue weighted by molar-refractivity contribution is 6.53.